The minimum Gasteiger partial charge on any atom is -0.491 e. The van der Waals surface area contributed by atoms with Crippen LogP contribution in [0, 0.1) is 17.1 Å². The van der Waals surface area contributed by atoms with E-state index in [4.69, 9.17) is 4.74 Å². The van der Waals surface area contributed by atoms with Gasteiger partial charge in [0.2, 0.25) is 0 Å². The zero-order chi connectivity index (χ0) is 22.6. The SMILES string of the molecule is CCCCCCCCOc1ccc(-c2ccc(C(=O)O)cc2C(C#N)CCC)cc1F. The zero-order valence-corrected chi connectivity index (χ0v) is 18.5. The second-order valence-corrected chi connectivity index (χ2v) is 7.84. The van der Waals surface area contributed by atoms with Crippen LogP contribution in [0.3, 0.4) is 0 Å². The Morgan fingerprint density at radius 2 is 1.81 bits per heavy atom. The number of carbonyl (C=O) groups is 1. The maximum Gasteiger partial charge on any atom is 0.335 e. The third-order valence-electron chi connectivity index (χ3n) is 5.41. The highest BCUT2D eigenvalue weighted by Gasteiger charge is 2.19. The van der Waals surface area contributed by atoms with Crippen LogP contribution in [-0.4, -0.2) is 17.7 Å². The number of nitriles is 1. The second kappa shape index (κ2) is 12.7. The topological polar surface area (TPSA) is 70.3 Å². The van der Waals surface area contributed by atoms with E-state index in [1.54, 1.807) is 18.2 Å². The number of hydrogen-bond donors (Lipinski definition) is 1. The number of unbranched alkanes of at least 4 members (excludes halogenated alkanes) is 5. The first-order valence-corrected chi connectivity index (χ1v) is 11.2. The van der Waals surface area contributed by atoms with Crippen LogP contribution in [0.15, 0.2) is 36.4 Å². The number of rotatable bonds is 13. The van der Waals surface area contributed by atoms with Crippen molar-refractivity contribution in [3.05, 3.63) is 53.3 Å². The summed E-state index contributed by atoms with van der Waals surface area (Å²) in [6.07, 6.45) is 8.22. The first-order chi connectivity index (χ1) is 15.0. The van der Waals surface area contributed by atoms with Gasteiger partial charge < -0.3 is 9.84 Å². The molecule has 2 aromatic rings. The van der Waals surface area contributed by atoms with Crippen molar-refractivity contribution in [1.29, 1.82) is 5.26 Å². The van der Waals surface area contributed by atoms with E-state index in [2.05, 4.69) is 13.0 Å². The predicted octanol–water partition coefficient (Wildman–Crippen LogP) is 7.34. The van der Waals surface area contributed by atoms with E-state index < -0.39 is 17.7 Å². The van der Waals surface area contributed by atoms with Crippen LogP contribution in [0.4, 0.5) is 4.39 Å². The number of carboxylic acids is 1. The highest BCUT2D eigenvalue weighted by molar-refractivity contribution is 5.89. The van der Waals surface area contributed by atoms with Gasteiger partial charge in [0.05, 0.1) is 24.2 Å². The van der Waals surface area contributed by atoms with Crippen LogP contribution in [0.1, 0.15) is 87.1 Å². The normalized spacial score (nSPS) is 11.7. The van der Waals surface area contributed by atoms with E-state index in [9.17, 15) is 19.6 Å². The Kier molecular flexibility index (Phi) is 10.0. The highest BCUT2D eigenvalue weighted by atomic mass is 19.1. The first-order valence-electron chi connectivity index (χ1n) is 11.2. The molecule has 0 aromatic heterocycles. The van der Waals surface area contributed by atoms with Crippen molar-refractivity contribution in [3.63, 3.8) is 0 Å². The Morgan fingerprint density at radius 3 is 2.45 bits per heavy atom. The van der Waals surface area contributed by atoms with Gasteiger partial charge >= 0.3 is 5.97 Å². The Hall–Kier alpha value is -2.87. The minimum atomic E-state index is -1.05. The van der Waals surface area contributed by atoms with E-state index >= 15 is 0 Å². The van der Waals surface area contributed by atoms with E-state index in [1.165, 1.54) is 43.9 Å². The van der Waals surface area contributed by atoms with Gasteiger partial charge in [-0.15, -0.1) is 0 Å². The van der Waals surface area contributed by atoms with Crippen LogP contribution in [-0.2, 0) is 0 Å². The molecule has 2 rings (SSSR count). The number of benzene rings is 2. The summed E-state index contributed by atoms with van der Waals surface area (Å²) in [4.78, 5) is 11.4. The second-order valence-electron chi connectivity index (χ2n) is 7.84. The number of aromatic carboxylic acids is 1. The fourth-order valence-corrected chi connectivity index (χ4v) is 3.68. The van der Waals surface area contributed by atoms with Gasteiger partial charge in [0.15, 0.2) is 11.6 Å². The van der Waals surface area contributed by atoms with Crippen molar-refractivity contribution < 1.29 is 19.0 Å². The van der Waals surface area contributed by atoms with Gasteiger partial charge in [-0.1, -0.05) is 64.5 Å². The van der Waals surface area contributed by atoms with Crippen LogP contribution in [0.2, 0.25) is 0 Å². The smallest absolute Gasteiger partial charge is 0.335 e. The molecule has 0 amide bonds. The van der Waals surface area contributed by atoms with Gasteiger partial charge in [-0.05, 0) is 53.8 Å². The van der Waals surface area contributed by atoms with Gasteiger partial charge in [0, 0.05) is 0 Å². The van der Waals surface area contributed by atoms with E-state index in [1.807, 2.05) is 6.92 Å². The quantitative estimate of drug-likeness (QED) is 0.341. The summed E-state index contributed by atoms with van der Waals surface area (Å²) in [6, 6.07) is 11.7. The lowest BCUT2D eigenvalue weighted by molar-refractivity contribution is 0.0696. The molecule has 0 heterocycles. The molecule has 4 nitrogen and oxygen atoms in total. The van der Waals surface area contributed by atoms with Crippen LogP contribution < -0.4 is 4.74 Å². The molecule has 1 atom stereocenters. The molecule has 0 saturated heterocycles. The molecular weight excluding hydrogens is 393 g/mol. The van der Waals surface area contributed by atoms with Gasteiger partial charge in [-0.2, -0.15) is 5.26 Å². The van der Waals surface area contributed by atoms with E-state index in [0.717, 1.165) is 19.3 Å². The molecule has 0 aliphatic carbocycles. The summed E-state index contributed by atoms with van der Waals surface area (Å²) in [6.45, 7) is 4.64. The maximum absolute atomic E-state index is 14.7. The molecule has 0 fully saturated rings. The van der Waals surface area contributed by atoms with Crippen LogP contribution >= 0.6 is 0 Å². The number of hydrogen-bond acceptors (Lipinski definition) is 3. The van der Waals surface area contributed by atoms with Gasteiger partial charge in [-0.25, -0.2) is 9.18 Å². The Balaban J connectivity index is 2.18. The molecule has 1 unspecified atom stereocenters. The van der Waals surface area contributed by atoms with Crippen molar-refractivity contribution in [3.8, 4) is 22.9 Å². The Morgan fingerprint density at radius 1 is 1.06 bits per heavy atom. The van der Waals surface area contributed by atoms with Crippen LogP contribution in [0.5, 0.6) is 5.75 Å². The lowest BCUT2D eigenvalue weighted by Crippen LogP contribution is -2.04. The Bertz CT molecular complexity index is 904. The molecule has 0 spiro atoms. The van der Waals surface area contributed by atoms with Gasteiger partial charge in [-0.3, -0.25) is 0 Å². The number of halogens is 1. The number of nitrogens with zero attached hydrogens (tertiary/aromatic N) is 1. The summed E-state index contributed by atoms with van der Waals surface area (Å²) in [5, 5.41) is 18.9. The average molecular weight is 426 g/mol. The lowest BCUT2D eigenvalue weighted by Gasteiger charge is -2.16. The average Bonchev–Trinajstić information content (AvgIpc) is 2.77. The lowest BCUT2D eigenvalue weighted by atomic mass is 9.87. The molecule has 0 aliphatic heterocycles. The van der Waals surface area contributed by atoms with Gasteiger partial charge in [0.1, 0.15) is 0 Å². The highest BCUT2D eigenvalue weighted by Crippen LogP contribution is 2.34. The Labute approximate surface area is 184 Å². The largest absolute Gasteiger partial charge is 0.491 e. The molecule has 0 radical (unpaired) electrons. The van der Waals surface area contributed by atoms with E-state index in [0.29, 0.717) is 29.7 Å². The van der Waals surface area contributed by atoms with Crippen molar-refractivity contribution in [1.82, 2.24) is 0 Å². The third-order valence-corrected chi connectivity index (χ3v) is 5.41. The molecule has 1 N–H and O–H groups in total. The predicted molar refractivity (Wildman–Crippen MR) is 121 cm³/mol. The zero-order valence-electron chi connectivity index (χ0n) is 18.5. The molecule has 0 bridgehead atoms. The minimum absolute atomic E-state index is 0.120. The molecular formula is C26H32FNO3. The summed E-state index contributed by atoms with van der Waals surface area (Å²) in [5.41, 5.74) is 2.01. The van der Waals surface area contributed by atoms with Crippen LogP contribution in [0.25, 0.3) is 11.1 Å². The summed E-state index contributed by atoms with van der Waals surface area (Å²) in [7, 11) is 0. The summed E-state index contributed by atoms with van der Waals surface area (Å²) in [5.74, 6) is -1.75. The summed E-state index contributed by atoms with van der Waals surface area (Å²) >= 11 is 0. The number of carboxylic acid groups (broad SMARTS) is 1. The molecule has 0 aliphatic rings. The monoisotopic (exact) mass is 425 g/mol. The molecule has 31 heavy (non-hydrogen) atoms. The van der Waals surface area contributed by atoms with Crippen molar-refractivity contribution in [2.45, 2.75) is 71.1 Å². The fraction of sp³-hybridized carbons (Fsp3) is 0.462. The van der Waals surface area contributed by atoms with Crippen molar-refractivity contribution in [2.24, 2.45) is 0 Å². The third kappa shape index (κ3) is 7.10. The fourth-order valence-electron chi connectivity index (χ4n) is 3.68. The van der Waals surface area contributed by atoms with Crippen molar-refractivity contribution >= 4 is 5.97 Å². The standard InChI is InChI=1S/C26H32FNO3/c1-3-5-6-7-8-9-15-31-25-14-12-19(17-24(25)27)22-13-11-20(26(29)30)16-23(22)21(18-28)10-4-2/h11-14,16-17,21H,3-10,15H2,1-2H3,(H,29,30). The van der Waals surface area contributed by atoms with Gasteiger partial charge in [0.25, 0.3) is 0 Å². The van der Waals surface area contributed by atoms with Crippen molar-refractivity contribution in [2.75, 3.05) is 6.61 Å². The molecule has 166 valence electrons. The summed E-state index contributed by atoms with van der Waals surface area (Å²) < 4.78 is 20.3. The first kappa shape index (κ1) is 24.4. The van der Waals surface area contributed by atoms with E-state index in [-0.39, 0.29) is 11.3 Å². The molecule has 0 saturated carbocycles. The number of ether oxygens (including phenoxy) is 1. The molecule has 5 heteroatoms. The maximum atomic E-state index is 14.7. The molecule has 2 aromatic carbocycles.